The van der Waals surface area contributed by atoms with Gasteiger partial charge in [0.1, 0.15) is 5.75 Å². The lowest BCUT2D eigenvalue weighted by Gasteiger charge is -2.22. The molecular weight excluding hydrogens is 346 g/mol. The molecule has 26 heavy (non-hydrogen) atoms. The van der Waals surface area contributed by atoms with Crippen molar-refractivity contribution in [3.05, 3.63) is 29.6 Å². The number of aromatic nitrogens is 1. The predicted molar refractivity (Wildman–Crippen MR) is 105 cm³/mol. The largest absolute Gasteiger partial charge is 0.491 e. The maximum Gasteiger partial charge on any atom is 0.229 e. The molecule has 1 unspecified atom stereocenters. The molecule has 4 rings (SSSR count). The van der Waals surface area contributed by atoms with E-state index in [0.29, 0.717) is 5.13 Å². The van der Waals surface area contributed by atoms with Gasteiger partial charge < -0.3 is 15.4 Å². The molecule has 2 aromatic rings. The third-order valence-electron chi connectivity index (χ3n) is 5.36. The van der Waals surface area contributed by atoms with Crippen LogP contribution in [0.5, 0.6) is 5.75 Å². The minimum atomic E-state index is 0.133. The van der Waals surface area contributed by atoms with E-state index >= 15 is 0 Å². The molecule has 1 spiro atoms. The van der Waals surface area contributed by atoms with E-state index in [1.54, 1.807) is 0 Å². The Kier molecular flexibility index (Phi) is 4.71. The van der Waals surface area contributed by atoms with E-state index in [2.05, 4.69) is 15.6 Å². The second-order valence-corrected chi connectivity index (χ2v) is 8.45. The minimum absolute atomic E-state index is 0.133. The molecule has 1 amide bonds. The van der Waals surface area contributed by atoms with Crippen molar-refractivity contribution in [2.75, 3.05) is 18.4 Å². The lowest BCUT2D eigenvalue weighted by Crippen LogP contribution is -2.31. The number of benzene rings is 1. The fraction of sp³-hybridized carbons (Fsp3) is 0.500. The van der Waals surface area contributed by atoms with Crippen LogP contribution in [0.1, 0.15) is 33.1 Å². The smallest absolute Gasteiger partial charge is 0.229 e. The number of nitrogens with one attached hydrogen (secondary N) is 2. The second-order valence-electron chi connectivity index (χ2n) is 7.59. The van der Waals surface area contributed by atoms with Crippen molar-refractivity contribution in [2.24, 2.45) is 11.3 Å². The number of ether oxygens (including phenoxy) is 1. The van der Waals surface area contributed by atoms with Crippen LogP contribution in [0.4, 0.5) is 5.13 Å². The molecule has 5 nitrogen and oxygen atoms in total. The van der Waals surface area contributed by atoms with Crippen molar-refractivity contribution in [3.8, 4) is 17.0 Å². The Bertz CT molecular complexity index is 779. The number of thiazole rings is 1. The van der Waals surface area contributed by atoms with Gasteiger partial charge in [-0.3, -0.25) is 4.79 Å². The summed E-state index contributed by atoms with van der Waals surface area (Å²) in [6.45, 7) is 6.08. The Morgan fingerprint density at radius 3 is 2.73 bits per heavy atom. The summed E-state index contributed by atoms with van der Waals surface area (Å²) in [6, 6.07) is 7.92. The average Bonchev–Trinajstić information content (AvgIpc) is 3.11. The standard InChI is InChI=1S/C20H25N3O2S/c1-13(2)25-15-5-3-14(4-6-15)17-12-26-19(22-17)23-18(24)16-11-20(16)7-9-21-10-8-20/h3-6,12-13,16,21H,7-11H2,1-2H3,(H,22,23,24). The third kappa shape index (κ3) is 3.62. The van der Waals surface area contributed by atoms with Crippen LogP contribution in [-0.4, -0.2) is 30.1 Å². The molecule has 1 saturated carbocycles. The summed E-state index contributed by atoms with van der Waals surface area (Å²) < 4.78 is 5.67. The first-order valence-electron chi connectivity index (χ1n) is 9.30. The zero-order valence-corrected chi connectivity index (χ0v) is 16.1. The van der Waals surface area contributed by atoms with Gasteiger partial charge in [-0.05, 0) is 75.9 Å². The van der Waals surface area contributed by atoms with Crippen LogP contribution >= 0.6 is 11.3 Å². The highest BCUT2D eigenvalue weighted by Gasteiger charge is 2.57. The number of amides is 1. The van der Waals surface area contributed by atoms with E-state index in [0.717, 1.165) is 49.4 Å². The molecule has 1 aromatic carbocycles. The number of nitrogens with zero attached hydrogens (tertiary/aromatic N) is 1. The monoisotopic (exact) mass is 371 g/mol. The van der Waals surface area contributed by atoms with E-state index < -0.39 is 0 Å². The van der Waals surface area contributed by atoms with Gasteiger partial charge >= 0.3 is 0 Å². The van der Waals surface area contributed by atoms with Crippen LogP contribution < -0.4 is 15.4 Å². The summed E-state index contributed by atoms with van der Waals surface area (Å²) in [4.78, 5) is 17.1. The first-order chi connectivity index (χ1) is 12.6. The lowest BCUT2D eigenvalue weighted by molar-refractivity contribution is -0.118. The van der Waals surface area contributed by atoms with Crippen molar-refractivity contribution in [2.45, 2.75) is 39.2 Å². The summed E-state index contributed by atoms with van der Waals surface area (Å²) in [7, 11) is 0. The number of carbonyl (C=O) groups excluding carboxylic acids is 1. The van der Waals surface area contributed by atoms with Gasteiger partial charge in [0.2, 0.25) is 5.91 Å². The summed E-state index contributed by atoms with van der Waals surface area (Å²) in [5.41, 5.74) is 2.16. The molecule has 138 valence electrons. The number of hydrogen-bond donors (Lipinski definition) is 2. The number of anilines is 1. The Hall–Kier alpha value is -1.92. The molecule has 2 aliphatic rings. The summed E-state index contributed by atoms with van der Waals surface area (Å²) in [5, 5.41) is 9.07. The van der Waals surface area contributed by atoms with Crippen LogP contribution in [-0.2, 0) is 4.79 Å². The van der Waals surface area contributed by atoms with Gasteiger partial charge in [0, 0.05) is 16.9 Å². The molecule has 1 aliphatic heterocycles. The Morgan fingerprint density at radius 1 is 1.31 bits per heavy atom. The summed E-state index contributed by atoms with van der Waals surface area (Å²) >= 11 is 1.48. The molecule has 1 atom stereocenters. The van der Waals surface area contributed by atoms with Crippen LogP contribution in [0.25, 0.3) is 11.3 Å². The van der Waals surface area contributed by atoms with Gasteiger partial charge in [-0.1, -0.05) is 0 Å². The van der Waals surface area contributed by atoms with Gasteiger partial charge in [-0.25, -0.2) is 4.98 Å². The van der Waals surface area contributed by atoms with Gasteiger partial charge in [-0.15, -0.1) is 11.3 Å². The van der Waals surface area contributed by atoms with Crippen molar-refractivity contribution < 1.29 is 9.53 Å². The topological polar surface area (TPSA) is 63.2 Å². The first-order valence-corrected chi connectivity index (χ1v) is 10.2. The fourth-order valence-corrected chi connectivity index (χ4v) is 4.55. The molecule has 2 heterocycles. The predicted octanol–water partition coefficient (Wildman–Crippen LogP) is 3.93. The summed E-state index contributed by atoms with van der Waals surface area (Å²) in [6.07, 6.45) is 3.40. The van der Waals surface area contributed by atoms with Crippen LogP contribution in [0.2, 0.25) is 0 Å². The van der Waals surface area contributed by atoms with Crippen molar-refractivity contribution in [1.82, 2.24) is 10.3 Å². The number of carbonyl (C=O) groups is 1. The molecule has 1 aliphatic carbocycles. The molecular formula is C20H25N3O2S. The van der Waals surface area contributed by atoms with Crippen LogP contribution in [0.15, 0.2) is 29.6 Å². The van der Waals surface area contributed by atoms with E-state index in [1.807, 2.05) is 43.5 Å². The molecule has 2 fully saturated rings. The molecule has 0 bridgehead atoms. The normalized spacial score (nSPS) is 21.0. The van der Waals surface area contributed by atoms with Crippen LogP contribution in [0, 0.1) is 11.3 Å². The maximum absolute atomic E-state index is 12.6. The van der Waals surface area contributed by atoms with Crippen molar-refractivity contribution in [1.29, 1.82) is 0 Å². The highest BCUT2D eigenvalue weighted by molar-refractivity contribution is 7.14. The quantitative estimate of drug-likeness (QED) is 0.836. The van der Waals surface area contributed by atoms with Gasteiger partial charge in [-0.2, -0.15) is 0 Å². The SMILES string of the molecule is CC(C)Oc1ccc(-c2csc(NC(=O)C3CC34CCNCC4)n2)cc1. The second kappa shape index (κ2) is 7.00. The number of piperidine rings is 1. The third-order valence-corrected chi connectivity index (χ3v) is 6.12. The van der Waals surface area contributed by atoms with E-state index in [-0.39, 0.29) is 23.3 Å². The van der Waals surface area contributed by atoms with Gasteiger partial charge in [0.25, 0.3) is 0 Å². The molecule has 1 aromatic heterocycles. The number of rotatable bonds is 5. The molecule has 0 radical (unpaired) electrons. The van der Waals surface area contributed by atoms with Crippen LogP contribution in [0.3, 0.4) is 0 Å². The number of hydrogen-bond acceptors (Lipinski definition) is 5. The Labute approximate surface area is 158 Å². The highest BCUT2D eigenvalue weighted by Crippen LogP contribution is 2.58. The Balaban J connectivity index is 1.38. The van der Waals surface area contributed by atoms with E-state index in [4.69, 9.17) is 4.74 Å². The van der Waals surface area contributed by atoms with E-state index in [1.165, 1.54) is 11.3 Å². The van der Waals surface area contributed by atoms with Crippen molar-refractivity contribution >= 4 is 22.4 Å². The molecule has 1 saturated heterocycles. The molecule has 6 heteroatoms. The average molecular weight is 372 g/mol. The summed E-state index contributed by atoms with van der Waals surface area (Å²) in [5.74, 6) is 1.14. The van der Waals surface area contributed by atoms with E-state index in [9.17, 15) is 4.79 Å². The first kappa shape index (κ1) is 17.5. The zero-order valence-electron chi connectivity index (χ0n) is 15.2. The van der Waals surface area contributed by atoms with Gasteiger partial charge in [0.05, 0.1) is 11.8 Å². The highest BCUT2D eigenvalue weighted by atomic mass is 32.1. The minimum Gasteiger partial charge on any atom is -0.491 e. The Morgan fingerprint density at radius 2 is 2.04 bits per heavy atom. The van der Waals surface area contributed by atoms with Gasteiger partial charge in [0.15, 0.2) is 5.13 Å². The van der Waals surface area contributed by atoms with Crippen molar-refractivity contribution in [3.63, 3.8) is 0 Å². The lowest BCUT2D eigenvalue weighted by atomic mass is 9.92. The fourth-order valence-electron chi connectivity index (χ4n) is 3.83. The zero-order chi connectivity index (χ0) is 18.1. The molecule has 2 N–H and O–H groups in total. The maximum atomic E-state index is 12.6.